The summed E-state index contributed by atoms with van der Waals surface area (Å²) in [7, 11) is 0. The minimum atomic E-state index is -0.265. The Labute approximate surface area is 154 Å². The van der Waals surface area contributed by atoms with Crippen LogP contribution < -0.4 is 9.47 Å². The molecule has 0 unspecified atom stereocenters. The summed E-state index contributed by atoms with van der Waals surface area (Å²) in [4.78, 5) is 16.4. The molecule has 7 heteroatoms. The van der Waals surface area contributed by atoms with Gasteiger partial charge in [0.2, 0.25) is 6.79 Å². The summed E-state index contributed by atoms with van der Waals surface area (Å²) >= 11 is 0. The highest BCUT2D eigenvalue weighted by molar-refractivity contribution is 5.68. The lowest BCUT2D eigenvalue weighted by Gasteiger charge is -2.29. The van der Waals surface area contributed by atoms with Gasteiger partial charge in [-0.25, -0.2) is 4.79 Å². The predicted octanol–water partition coefficient (Wildman–Crippen LogP) is 2.48. The van der Waals surface area contributed by atoms with Gasteiger partial charge in [-0.2, -0.15) is 0 Å². The van der Waals surface area contributed by atoms with Gasteiger partial charge in [0.05, 0.1) is 6.73 Å². The van der Waals surface area contributed by atoms with Gasteiger partial charge in [0.25, 0.3) is 0 Å². The molecule has 1 saturated heterocycles. The maximum Gasteiger partial charge on any atom is 0.410 e. The van der Waals surface area contributed by atoms with Gasteiger partial charge in [-0.1, -0.05) is 6.07 Å². The maximum atomic E-state index is 12.4. The minimum absolute atomic E-state index is 0.0335. The highest BCUT2D eigenvalue weighted by atomic mass is 16.7. The SMILES string of the molecule is CCN(C(=O)OCCN1CCCOC1)[C@H](C)Cc1ccc2c(c1)OCO2. The number of nitrogens with zero attached hydrogens (tertiary/aromatic N) is 2. The van der Waals surface area contributed by atoms with Gasteiger partial charge >= 0.3 is 6.09 Å². The third kappa shape index (κ3) is 4.80. The largest absolute Gasteiger partial charge is 0.454 e. The monoisotopic (exact) mass is 364 g/mol. The van der Waals surface area contributed by atoms with Crippen LogP contribution in [0.1, 0.15) is 25.8 Å². The Hall–Kier alpha value is -1.99. The average Bonchev–Trinajstić information content (AvgIpc) is 3.11. The second kappa shape index (κ2) is 9.09. The van der Waals surface area contributed by atoms with E-state index in [1.165, 1.54) is 0 Å². The molecule has 1 atom stereocenters. The zero-order chi connectivity index (χ0) is 18.4. The zero-order valence-corrected chi connectivity index (χ0v) is 15.6. The summed E-state index contributed by atoms with van der Waals surface area (Å²) < 4.78 is 21.6. The number of carbonyl (C=O) groups is 1. The smallest absolute Gasteiger partial charge is 0.410 e. The first-order valence-electron chi connectivity index (χ1n) is 9.29. The number of benzene rings is 1. The molecule has 1 aromatic carbocycles. The van der Waals surface area contributed by atoms with Crippen LogP contribution in [-0.2, 0) is 15.9 Å². The van der Waals surface area contributed by atoms with E-state index in [4.69, 9.17) is 18.9 Å². The van der Waals surface area contributed by atoms with E-state index < -0.39 is 0 Å². The summed E-state index contributed by atoms with van der Waals surface area (Å²) in [5.74, 6) is 1.54. The van der Waals surface area contributed by atoms with E-state index in [9.17, 15) is 4.79 Å². The van der Waals surface area contributed by atoms with Crippen LogP contribution in [-0.4, -0.2) is 68.3 Å². The molecule has 0 N–H and O–H groups in total. The Bertz CT molecular complexity index is 604. The number of hydrogen-bond donors (Lipinski definition) is 0. The predicted molar refractivity (Wildman–Crippen MR) is 96.5 cm³/mol. The van der Waals surface area contributed by atoms with E-state index in [-0.39, 0.29) is 18.9 Å². The lowest BCUT2D eigenvalue weighted by atomic mass is 10.1. The van der Waals surface area contributed by atoms with Crippen molar-refractivity contribution in [2.45, 2.75) is 32.7 Å². The normalized spacial score (nSPS) is 17.8. The van der Waals surface area contributed by atoms with Crippen molar-refractivity contribution in [1.29, 1.82) is 0 Å². The number of rotatable bonds is 7. The summed E-state index contributed by atoms with van der Waals surface area (Å²) in [5.41, 5.74) is 1.11. The topological polar surface area (TPSA) is 60.5 Å². The van der Waals surface area contributed by atoms with Crippen molar-refractivity contribution in [3.05, 3.63) is 23.8 Å². The quantitative estimate of drug-likeness (QED) is 0.741. The number of amides is 1. The van der Waals surface area contributed by atoms with Crippen molar-refractivity contribution < 1.29 is 23.7 Å². The van der Waals surface area contributed by atoms with Crippen LogP contribution in [0, 0.1) is 0 Å². The fraction of sp³-hybridized carbons (Fsp3) is 0.632. The molecule has 0 spiro atoms. The van der Waals surface area contributed by atoms with Crippen molar-refractivity contribution in [3.8, 4) is 11.5 Å². The van der Waals surface area contributed by atoms with Gasteiger partial charge in [-0.3, -0.25) is 4.90 Å². The first-order chi connectivity index (χ1) is 12.7. The van der Waals surface area contributed by atoms with Crippen molar-refractivity contribution in [3.63, 3.8) is 0 Å². The molecule has 2 aliphatic rings. The Kier molecular flexibility index (Phi) is 6.57. The maximum absolute atomic E-state index is 12.4. The molecule has 3 rings (SSSR count). The van der Waals surface area contributed by atoms with Crippen LogP contribution in [0.15, 0.2) is 18.2 Å². The third-order valence-corrected chi connectivity index (χ3v) is 4.75. The van der Waals surface area contributed by atoms with E-state index in [0.29, 0.717) is 26.4 Å². The Morgan fingerprint density at radius 1 is 1.35 bits per heavy atom. The molecule has 1 amide bonds. The number of hydrogen-bond acceptors (Lipinski definition) is 6. The lowest BCUT2D eigenvalue weighted by molar-refractivity contribution is -0.0228. The second-order valence-electron chi connectivity index (χ2n) is 6.65. The van der Waals surface area contributed by atoms with Crippen LogP contribution in [0.5, 0.6) is 11.5 Å². The number of fused-ring (bicyclic) bond motifs is 1. The zero-order valence-electron chi connectivity index (χ0n) is 15.6. The number of likely N-dealkylation sites (N-methyl/N-ethyl adjacent to an activating group) is 1. The minimum Gasteiger partial charge on any atom is -0.454 e. The van der Waals surface area contributed by atoms with Gasteiger partial charge in [-0.05, 0) is 44.4 Å². The molecular weight excluding hydrogens is 336 g/mol. The second-order valence-corrected chi connectivity index (χ2v) is 6.65. The van der Waals surface area contributed by atoms with E-state index in [0.717, 1.165) is 43.1 Å². The Balaban J connectivity index is 1.47. The lowest BCUT2D eigenvalue weighted by Crippen LogP contribution is -2.41. The summed E-state index contributed by atoms with van der Waals surface area (Å²) in [6, 6.07) is 5.94. The molecule has 0 aliphatic carbocycles. The first kappa shape index (κ1) is 18.8. The Morgan fingerprint density at radius 2 is 2.19 bits per heavy atom. The fourth-order valence-corrected chi connectivity index (χ4v) is 3.31. The third-order valence-electron chi connectivity index (χ3n) is 4.75. The van der Waals surface area contributed by atoms with Gasteiger partial charge in [0.15, 0.2) is 11.5 Å². The molecule has 2 heterocycles. The molecule has 2 aliphatic heterocycles. The van der Waals surface area contributed by atoms with E-state index in [2.05, 4.69) is 4.90 Å². The van der Waals surface area contributed by atoms with Crippen LogP contribution >= 0.6 is 0 Å². The van der Waals surface area contributed by atoms with Crippen LogP contribution in [0.3, 0.4) is 0 Å². The molecule has 0 saturated carbocycles. The first-order valence-corrected chi connectivity index (χ1v) is 9.29. The molecule has 144 valence electrons. The molecule has 26 heavy (non-hydrogen) atoms. The standard InChI is InChI=1S/C19H28N2O5/c1-3-21(19(22)24-10-8-20-7-4-9-23-13-20)15(2)11-16-5-6-17-18(12-16)26-14-25-17/h5-6,12,15H,3-4,7-11,13-14H2,1-2H3/t15-/m1/s1. The molecule has 1 aromatic rings. The van der Waals surface area contributed by atoms with Crippen molar-refractivity contribution in [1.82, 2.24) is 9.80 Å². The number of carbonyl (C=O) groups excluding carboxylic acids is 1. The van der Waals surface area contributed by atoms with Crippen molar-refractivity contribution >= 4 is 6.09 Å². The molecule has 0 bridgehead atoms. The van der Waals surface area contributed by atoms with E-state index in [1.54, 1.807) is 4.90 Å². The van der Waals surface area contributed by atoms with Crippen molar-refractivity contribution in [2.75, 3.05) is 46.4 Å². The molecular formula is C19H28N2O5. The molecule has 7 nitrogen and oxygen atoms in total. The highest BCUT2D eigenvalue weighted by Crippen LogP contribution is 2.33. The van der Waals surface area contributed by atoms with Crippen molar-refractivity contribution in [2.24, 2.45) is 0 Å². The summed E-state index contributed by atoms with van der Waals surface area (Å²) in [6.07, 6.45) is 1.50. The molecule has 0 aromatic heterocycles. The fourth-order valence-electron chi connectivity index (χ4n) is 3.31. The van der Waals surface area contributed by atoms with Crippen LogP contribution in [0.2, 0.25) is 0 Å². The average molecular weight is 364 g/mol. The summed E-state index contributed by atoms with van der Waals surface area (Å²) in [6.45, 7) is 8.41. The molecule has 0 radical (unpaired) electrons. The highest BCUT2D eigenvalue weighted by Gasteiger charge is 2.22. The molecule has 1 fully saturated rings. The van der Waals surface area contributed by atoms with Gasteiger partial charge in [0, 0.05) is 32.3 Å². The van der Waals surface area contributed by atoms with Crippen LogP contribution in [0.25, 0.3) is 0 Å². The van der Waals surface area contributed by atoms with Gasteiger partial charge in [0.1, 0.15) is 6.61 Å². The summed E-state index contributed by atoms with van der Waals surface area (Å²) in [5, 5.41) is 0. The number of ether oxygens (including phenoxy) is 4. The van der Waals surface area contributed by atoms with Gasteiger partial charge < -0.3 is 23.8 Å². The van der Waals surface area contributed by atoms with Gasteiger partial charge in [-0.15, -0.1) is 0 Å². The van der Waals surface area contributed by atoms with E-state index >= 15 is 0 Å². The van der Waals surface area contributed by atoms with Crippen LogP contribution in [0.4, 0.5) is 4.79 Å². The Morgan fingerprint density at radius 3 is 2.96 bits per heavy atom. The van der Waals surface area contributed by atoms with E-state index in [1.807, 2.05) is 32.0 Å².